The fourth-order valence-electron chi connectivity index (χ4n) is 2.96. The van der Waals surface area contributed by atoms with Crippen LogP contribution in [0.25, 0.3) is 17.0 Å². The van der Waals surface area contributed by atoms with Crippen LogP contribution in [-0.4, -0.2) is 39.1 Å². The van der Waals surface area contributed by atoms with E-state index in [1.165, 1.54) is 31.4 Å². The molecule has 3 rings (SSSR count). The number of fused-ring (bicyclic) bond motifs is 1. The Hall–Kier alpha value is -3.22. The van der Waals surface area contributed by atoms with Crippen LogP contribution in [0.15, 0.2) is 36.2 Å². The van der Waals surface area contributed by atoms with Gasteiger partial charge in [0.25, 0.3) is 5.91 Å². The number of aromatic nitrogens is 1. The minimum absolute atomic E-state index is 0.00440. The molecular weight excluding hydrogens is 322 g/mol. The van der Waals surface area contributed by atoms with Crippen molar-refractivity contribution < 1.29 is 19.2 Å². The van der Waals surface area contributed by atoms with Gasteiger partial charge < -0.3 is 5.32 Å². The number of rotatable bonds is 1. The van der Waals surface area contributed by atoms with E-state index in [1.807, 2.05) is 18.2 Å². The number of hydrogen-bond acceptors (Lipinski definition) is 4. The first-order valence-electron chi connectivity index (χ1n) is 7.79. The van der Waals surface area contributed by atoms with Gasteiger partial charge in [-0.25, -0.2) is 0 Å². The minimum atomic E-state index is -0.860. The molecule has 1 aromatic carbocycles. The van der Waals surface area contributed by atoms with E-state index in [-0.39, 0.29) is 11.6 Å². The summed E-state index contributed by atoms with van der Waals surface area (Å²) in [5.74, 6) is -1.67. The molecule has 1 aliphatic rings. The highest BCUT2D eigenvalue weighted by Gasteiger charge is 2.37. The topological polar surface area (TPSA) is 88.5 Å². The summed E-state index contributed by atoms with van der Waals surface area (Å²) in [7, 11) is 0. The summed E-state index contributed by atoms with van der Waals surface area (Å²) in [5.41, 5.74) is 1.31. The number of nitrogens with zero attached hydrogens (tertiary/aromatic N) is 2. The van der Waals surface area contributed by atoms with Crippen molar-refractivity contribution in [1.82, 2.24) is 14.8 Å². The van der Waals surface area contributed by atoms with E-state index < -0.39 is 23.8 Å². The van der Waals surface area contributed by atoms with Crippen LogP contribution in [0.4, 0.5) is 0 Å². The summed E-state index contributed by atoms with van der Waals surface area (Å²) in [4.78, 5) is 49.1. The largest absolute Gasteiger partial charge is 0.320 e. The second-order valence-electron chi connectivity index (χ2n) is 5.91. The Balaban J connectivity index is 2.13. The SMILES string of the molecule is CC(=O)N1C(=O)/C(=C/c2cn(C(C)=O)c3ccccc23)NC(=O)[C@@H]1C. The van der Waals surface area contributed by atoms with Crippen molar-refractivity contribution in [3.63, 3.8) is 0 Å². The molecule has 7 heteroatoms. The molecule has 2 aromatic rings. The maximum Gasteiger partial charge on any atom is 0.277 e. The quantitative estimate of drug-likeness (QED) is 0.798. The van der Waals surface area contributed by atoms with Crippen LogP contribution in [0.5, 0.6) is 0 Å². The average molecular weight is 339 g/mol. The average Bonchev–Trinajstić information content (AvgIpc) is 2.91. The predicted molar refractivity (Wildman–Crippen MR) is 91.3 cm³/mol. The molecule has 25 heavy (non-hydrogen) atoms. The zero-order valence-electron chi connectivity index (χ0n) is 14.1. The van der Waals surface area contributed by atoms with E-state index >= 15 is 0 Å². The Labute approximate surface area is 143 Å². The standard InChI is InChI=1S/C18H17N3O4/c1-10-17(24)19-15(18(25)21(10)12(3)23)8-13-9-20(11(2)22)16-7-5-4-6-14(13)16/h4-10H,1-3H3,(H,19,24)/b15-8-/t10-/m0/s1. The molecule has 1 saturated heterocycles. The van der Waals surface area contributed by atoms with Gasteiger partial charge in [-0.15, -0.1) is 0 Å². The van der Waals surface area contributed by atoms with Crippen molar-refractivity contribution in [2.45, 2.75) is 26.8 Å². The lowest BCUT2D eigenvalue weighted by molar-refractivity contribution is -0.151. The molecule has 1 atom stereocenters. The zero-order chi connectivity index (χ0) is 18.3. The van der Waals surface area contributed by atoms with E-state index in [9.17, 15) is 19.2 Å². The lowest BCUT2D eigenvalue weighted by atomic mass is 10.1. The fourth-order valence-corrected chi connectivity index (χ4v) is 2.96. The maximum atomic E-state index is 12.6. The van der Waals surface area contributed by atoms with Crippen molar-refractivity contribution in [3.05, 3.63) is 41.7 Å². The van der Waals surface area contributed by atoms with Gasteiger partial charge in [0.15, 0.2) is 0 Å². The molecule has 1 aromatic heterocycles. The van der Waals surface area contributed by atoms with Crippen LogP contribution in [0.2, 0.25) is 0 Å². The summed E-state index contributed by atoms with van der Waals surface area (Å²) >= 11 is 0. The highest BCUT2D eigenvalue weighted by Crippen LogP contribution is 2.24. The van der Waals surface area contributed by atoms with Gasteiger partial charge >= 0.3 is 0 Å². The highest BCUT2D eigenvalue weighted by molar-refractivity contribution is 6.14. The van der Waals surface area contributed by atoms with Gasteiger partial charge in [0.1, 0.15) is 11.7 Å². The molecular formula is C18H17N3O4. The van der Waals surface area contributed by atoms with Gasteiger partial charge in [-0.2, -0.15) is 0 Å². The Kier molecular flexibility index (Phi) is 4.00. The van der Waals surface area contributed by atoms with E-state index in [2.05, 4.69) is 5.32 Å². The maximum absolute atomic E-state index is 12.6. The number of carbonyl (C=O) groups excluding carboxylic acids is 4. The number of nitrogens with one attached hydrogen (secondary N) is 1. The molecule has 1 aliphatic heterocycles. The van der Waals surface area contributed by atoms with Crippen LogP contribution in [0.3, 0.4) is 0 Å². The van der Waals surface area contributed by atoms with E-state index in [4.69, 9.17) is 0 Å². The first kappa shape index (κ1) is 16.6. The van der Waals surface area contributed by atoms with Crippen LogP contribution in [0.1, 0.15) is 31.1 Å². The monoisotopic (exact) mass is 339 g/mol. The number of imide groups is 1. The fraction of sp³-hybridized carbons (Fsp3) is 0.222. The minimum Gasteiger partial charge on any atom is -0.320 e. The van der Waals surface area contributed by atoms with Crippen molar-refractivity contribution in [1.29, 1.82) is 0 Å². The third kappa shape index (κ3) is 2.73. The second kappa shape index (κ2) is 6.01. The summed E-state index contributed by atoms with van der Waals surface area (Å²) in [5, 5.41) is 3.30. The predicted octanol–water partition coefficient (Wildman–Crippen LogP) is 1.54. The lowest BCUT2D eigenvalue weighted by Gasteiger charge is -2.31. The number of benzene rings is 1. The van der Waals surface area contributed by atoms with Gasteiger partial charge in [-0.3, -0.25) is 28.6 Å². The van der Waals surface area contributed by atoms with E-state index in [1.54, 1.807) is 12.3 Å². The van der Waals surface area contributed by atoms with Gasteiger partial charge in [-0.1, -0.05) is 18.2 Å². The molecule has 7 nitrogen and oxygen atoms in total. The van der Waals surface area contributed by atoms with Crippen molar-refractivity contribution in [3.8, 4) is 0 Å². The number of carbonyl (C=O) groups is 4. The lowest BCUT2D eigenvalue weighted by Crippen LogP contribution is -2.57. The van der Waals surface area contributed by atoms with Crippen molar-refractivity contribution >= 4 is 40.6 Å². The molecule has 0 unspecified atom stereocenters. The van der Waals surface area contributed by atoms with Crippen LogP contribution in [0, 0.1) is 0 Å². The first-order chi connectivity index (χ1) is 11.8. The smallest absolute Gasteiger partial charge is 0.277 e. The third-order valence-electron chi connectivity index (χ3n) is 4.19. The van der Waals surface area contributed by atoms with E-state index in [0.29, 0.717) is 11.1 Å². The van der Waals surface area contributed by atoms with Gasteiger partial charge in [0, 0.05) is 31.0 Å². The normalized spacial score (nSPS) is 19.4. The first-order valence-corrected chi connectivity index (χ1v) is 7.79. The molecule has 1 N–H and O–H groups in total. The molecule has 0 radical (unpaired) electrons. The number of piperazine rings is 1. The number of hydrogen-bond donors (Lipinski definition) is 1. The Morgan fingerprint density at radius 2 is 1.80 bits per heavy atom. The Morgan fingerprint density at radius 1 is 1.12 bits per heavy atom. The van der Waals surface area contributed by atoms with E-state index in [0.717, 1.165) is 10.3 Å². The van der Waals surface area contributed by atoms with Crippen LogP contribution in [-0.2, 0) is 14.4 Å². The van der Waals surface area contributed by atoms with Gasteiger partial charge in [0.05, 0.1) is 5.52 Å². The second-order valence-corrected chi connectivity index (χ2v) is 5.91. The van der Waals surface area contributed by atoms with Crippen molar-refractivity contribution in [2.75, 3.05) is 0 Å². The summed E-state index contributed by atoms with van der Waals surface area (Å²) in [6, 6.07) is 6.39. The molecule has 0 saturated carbocycles. The molecule has 128 valence electrons. The molecule has 0 aliphatic carbocycles. The van der Waals surface area contributed by atoms with Crippen LogP contribution < -0.4 is 5.32 Å². The zero-order valence-corrected chi connectivity index (χ0v) is 14.1. The summed E-state index contributed by atoms with van der Waals surface area (Å²) in [6.07, 6.45) is 3.10. The van der Waals surface area contributed by atoms with Crippen molar-refractivity contribution in [2.24, 2.45) is 0 Å². The molecule has 1 fully saturated rings. The summed E-state index contributed by atoms with van der Waals surface area (Å²) < 4.78 is 1.47. The Morgan fingerprint density at radius 3 is 2.44 bits per heavy atom. The molecule has 0 spiro atoms. The van der Waals surface area contributed by atoms with Gasteiger partial charge in [0.2, 0.25) is 17.7 Å². The Bertz CT molecular complexity index is 954. The third-order valence-corrected chi connectivity index (χ3v) is 4.19. The van der Waals surface area contributed by atoms with Crippen LogP contribution >= 0.6 is 0 Å². The molecule has 3 amide bonds. The number of amides is 3. The molecule has 0 bridgehead atoms. The number of para-hydroxylation sites is 1. The molecule has 2 heterocycles. The van der Waals surface area contributed by atoms with Gasteiger partial charge in [-0.05, 0) is 19.1 Å². The highest BCUT2D eigenvalue weighted by atomic mass is 16.2. The summed E-state index contributed by atoms with van der Waals surface area (Å²) in [6.45, 7) is 4.18.